The summed E-state index contributed by atoms with van der Waals surface area (Å²) < 4.78 is 0. The molecule has 1 heterocycles. The molecular weight excluding hydrogens is 308 g/mol. The first-order chi connectivity index (χ1) is 12.1. The van der Waals surface area contributed by atoms with Crippen molar-refractivity contribution in [3.63, 3.8) is 0 Å². The summed E-state index contributed by atoms with van der Waals surface area (Å²) in [5, 5.41) is 0. The highest BCUT2D eigenvalue weighted by atomic mass is 16.1. The number of nitrogens with zero attached hydrogens (tertiary/aromatic N) is 1. The van der Waals surface area contributed by atoms with E-state index >= 15 is 0 Å². The van der Waals surface area contributed by atoms with Crippen LogP contribution in [-0.2, 0) is 4.79 Å². The number of carbonyl (C=O) groups excluding carboxylic acids is 1. The first kappa shape index (κ1) is 16.5. The van der Waals surface area contributed by atoms with Crippen LogP contribution in [0.15, 0.2) is 72.8 Å². The SMILES string of the molecule is Cc1cccc(C#Cc2cccc(C(C(N)=O)c3ccccc3)c2)n1. The molecule has 0 aliphatic rings. The average Bonchev–Trinajstić information content (AvgIpc) is 2.61. The first-order valence-corrected chi connectivity index (χ1v) is 8.03. The van der Waals surface area contributed by atoms with Gasteiger partial charge < -0.3 is 5.73 Å². The van der Waals surface area contributed by atoms with Crippen LogP contribution >= 0.6 is 0 Å². The van der Waals surface area contributed by atoms with Gasteiger partial charge in [0.2, 0.25) is 5.91 Å². The lowest BCUT2D eigenvalue weighted by Gasteiger charge is -2.14. The van der Waals surface area contributed by atoms with E-state index in [-0.39, 0.29) is 5.91 Å². The molecule has 2 aromatic carbocycles. The van der Waals surface area contributed by atoms with Gasteiger partial charge in [-0.3, -0.25) is 4.79 Å². The van der Waals surface area contributed by atoms with Crippen molar-refractivity contribution in [2.45, 2.75) is 12.8 Å². The van der Waals surface area contributed by atoms with Gasteiger partial charge in [0, 0.05) is 11.3 Å². The lowest BCUT2D eigenvalue weighted by molar-refractivity contribution is -0.118. The van der Waals surface area contributed by atoms with E-state index < -0.39 is 5.92 Å². The van der Waals surface area contributed by atoms with Crippen molar-refractivity contribution in [3.05, 3.63) is 101 Å². The highest BCUT2D eigenvalue weighted by molar-refractivity contribution is 5.85. The van der Waals surface area contributed by atoms with E-state index in [1.165, 1.54) is 0 Å². The molecular formula is C22H18N2O. The molecule has 3 heteroatoms. The number of aryl methyl sites for hydroxylation is 1. The predicted molar refractivity (Wildman–Crippen MR) is 98.9 cm³/mol. The van der Waals surface area contributed by atoms with Crippen molar-refractivity contribution in [2.75, 3.05) is 0 Å². The molecule has 3 rings (SSSR count). The van der Waals surface area contributed by atoms with Crippen molar-refractivity contribution < 1.29 is 4.79 Å². The third kappa shape index (κ3) is 4.13. The number of aromatic nitrogens is 1. The van der Waals surface area contributed by atoms with Crippen LogP contribution in [0.2, 0.25) is 0 Å². The summed E-state index contributed by atoms with van der Waals surface area (Å²) in [4.78, 5) is 16.4. The second-order valence-electron chi connectivity index (χ2n) is 5.79. The lowest BCUT2D eigenvalue weighted by atomic mass is 9.90. The Labute approximate surface area is 147 Å². The molecule has 122 valence electrons. The summed E-state index contributed by atoms with van der Waals surface area (Å²) in [5.41, 5.74) is 9.83. The van der Waals surface area contributed by atoms with Crippen LogP contribution in [0.1, 0.15) is 34.0 Å². The summed E-state index contributed by atoms with van der Waals surface area (Å²) in [6, 6.07) is 22.9. The molecule has 0 spiro atoms. The quantitative estimate of drug-likeness (QED) is 0.750. The van der Waals surface area contributed by atoms with Gasteiger partial charge in [-0.25, -0.2) is 4.98 Å². The Morgan fingerprint density at radius 2 is 1.64 bits per heavy atom. The summed E-state index contributed by atoms with van der Waals surface area (Å²) in [7, 11) is 0. The van der Waals surface area contributed by atoms with E-state index in [1.54, 1.807) is 0 Å². The number of hydrogen-bond acceptors (Lipinski definition) is 2. The third-order valence-corrected chi connectivity index (χ3v) is 3.86. The van der Waals surface area contributed by atoms with Gasteiger partial charge in [0.1, 0.15) is 5.69 Å². The van der Waals surface area contributed by atoms with Crippen LogP contribution in [0.25, 0.3) is 0 Å². The molecule has 2 N–H and O–H groups in total. The standard InChI is InChI=1S/C22H18N2O/c1-16-7-5-12-20(24-16)14-13-17-8-6-11-19(15-17)21(22(23)25)18-9-3-2-4-10-18/h2-12,15,21H,1H3,(H2,23,25). The maximum atomic E-state index is 12.0. The number of primary amides is 1. The Balaban J connectivity index is 1.95. The topological polar surface area (TPSA) is 56.0 Å². The van der Waals surface area contributed by atoms with Crippen molar-refractivity contribution in [1.82, 2.24) is 4.98 Å². The fourth-order valence-corrected chi connectivity index (χ4v) is 2.71. The lowest BCUT2D eigenvalue weighted by Crippen LogP contribution is -2.22. The smallest absolute Gasteiger partial charge is 0.229 e. The molecule has 1 atom stereocenters. The Bertz CT molecular complexity index is 952. The Kier molecular flexibility index (Phi) is 4.92. The van der Waals surface area contributed by atoms with Gasteiger partial charge in [-0.2, -0.15) is 0 Å². The van der Waals surface area contributed by atoms with Gasteiger partial charge in [0.25, 0.3) is 0 Å². The van der Waals surface area contributed by atoms with Crippen LogP contribution in [-0.4, -0.2) is 10.9 Å². The Morgan fingerprint density at radius 3 is 2.36 bits per heavy atom. The largest absolute Gasteiger partial charge is 0.369 e. The van der Waals surface area contributed by atoms with Gasteiger partial charge >= 0.3 is 0 Å². The van der Waals surface area contributed by atoms with Crippen LogP contribution in [0, 0.1) is 18.8 Å². The Hall–Kier alpha value is -3.38. The van der Waals surface area contributed by atoms with Crippen LogP contribution < -0.4 is 5.73 Å². The maximum Gasteiger partial charge on any atom is 0.229 e. The molecule has 1 unspecified atom stereocenters. The van der Waals surface area contributed by atoms with Gasteiger partial charge in [0.15, 0.2) is 0 Å². The molecule has 0 radical (unpaired) electrons. The number of nitrogens with two attached hydrogens (primary N) is 1. The minimum absolute atomic E-state index is 0.378. The molecule has 0 aliphatic heterocycles. The Morgan fingerprint density at radius 1 is 0.920 bits per heavy atom. The fraction of sp³-hybridized carbons (Fsp3) is 0.0909. The molecule has 25 heavy (non-hydrogen) atoms. The van der Waals surface area contributed by atoms with Crippen molar-refractivity contribution in [3.8, 4) is 11.8 Å². The number of pyridine rings is 1. The molecule has 0 aliphatic carbocycles. The maximum absolute atomic E-state index is 12.0. The van der Waals surface area contributed by atoms with E-state index in [0.29, 0.717) is 0 Å². The molecule has 0 fully saturated rings. The third-order valence-electron chi connectivity index (χ3n) is 3.86. The zero-order valence-electron chi connectivity index (χ0n) is 13.9. The van der Waals surface area contributed by atoms with Crippen molar-refractivity contribution >= 4 is 5.91 Å². The zero-order valence-corrected chi connectivity index (χ0v) is 13.9. The highest BCUT2D eigenvalue weighted by Gasteiger charge is 2.19. The van der Waals surface area contributed by atoms with E-state index in [2.05, 4.69) is 16.8 Å². The van der Waals surface area contributed by atoms with E-state index in [9.17, 15) is 4.79 Å². The second kappa shape index (κ2) is 7.46. The fourth-order valence-electron chi connectivity index (χ4n) is 2.71. The molecule has 3 aromatic rings. The summed E-state index contributed by atoms with van der Waals surface area (Å²) >= 11 is 0. The van der Waals surface area contributed by atoms with Gasteiger partial charge in [-0.15, -0.1) is 0 Å². The minimum Gasteiger partial charge on any atom is -0.369 e. The van der Waals surface area contributed by atoms with Crippen LogP contribution in [0.5, 0.6) is 0 Å². The molecule has 0 saturated carbocycles. The van der Waals surface area contributed by atoms with E-state index in [1.807, 2.05) is 79.7 Å². The molecule has 1 amide bonds. The van der Waals surface area contributed by atoms with Crippen LogP contribution in [0.4, 0.5) is 0 Å². The van der Waals surface area contributed by atoms with E-state index in [0.717, 1.165) is 28.1 Å². The first-order valence-electron chi connectivity index (χ1n) is 8.03. The number of amides is 1. The summed E-state index contributed by atoms with van der Waals surface area (Å²) in [6.45, 7) is 1.93. The molecule has 0 bridgehead atoms. The van der Waals surface area contributed by atoms with Gasteiger partial charge in [-0.05, 0) is 48.2 Å². The second-order valence-corrected chi connectivity index (χ2v) is 5.79. The molecule has 1 aromatic heterocycles. The van der Waals surface area contributed by atoms with Gasteiger partial charge in [-0.1, -0.05) is 54.5 Å². The summed E-state index contributed by atoms with van der Waals surface area (Å²) in [6.07, 6.45) is 0. The molecule has 0 saturated heterocycles. The average molecular weight is 326 g/mol. The summed E-state index contributed by atoms with van der Waals surface area (Å²) in [5.74, 6) is 5.30. The highest BCUT2D eigenvalue weighted by Crippen LogP contribution is 2.24. The number of carbonyl (C=O) groups is 1. The molecule has 3 nitrogen and oxygen atoms in total. The van der Waals surface area contributed by atoms with Crippen LogP contribution in [0.3, 0.4) is 0 Å². The number of hydrogen-bond donors (Lipinski definition) is 1. The van der Waals surface area contributed by atoms with Crippen molar-refractivity contribution in [1.29, 1.82) is 0 Å². The van der Waals surface area contributed by atoms with Gasteiger partial charge in [0.05, 0.1) is 5.92 Å². The number of rotatable bonds is 3. The monoisotopic (exact) mass is 326 g/mol. The van der Waals surface area contributed by atoms with E-state index in [4.69, 9.17) is 5.73 Å². The number of benzene rings is 2. The van der Waals surface area contributed by atoms with Crippen molar-refractivity contribution in [2.24, 2.45) is 5.73 Å². The predicted octanol–water partition coefficient (Wildman–Crippen LogP) is 3.41. The minimum atomic E-state index is -0.486. The zero-order chi connectivity index (χ0) is 17.6. The normalized spacial score (nSPS) is 11.2.